The van der Waals surface area contributed by atoms with Crippen molar-refractivity contribution in [2.45, 2.75) is 31.4 Å². The summed E-state index contributed by atoms with van der Waals surface area (Å²) in [6.45, 7) is 2.52. The van der Waals surface area contributed by atoms with Crippen molar-refractivity contribution in [2.75, 3.05) is 26.8 Å². The van der Waals surface area contributed by atoms with E-state index < -0.39 is 0 Å². The number of para-hydroxylation sites is 1. The fourth-order valence-electron chi connectivity index (χ4n) is 3.29. The van der Waals surface area contributed by atoms with Crippen LogP contribution in [0.1, 0.15) is 30.9 Å². The van der Waals surface area contributed by atoms with Gasteiger partial charge in [-0.05, 0) is 50.6 Å². The molecule has 0 aromatic heterocycles. The van der Waals surface area contributed by atoms with E-state index in [0.717, 1.165) is 18.8 Å². The number of hydrogen-bond acceptors (Lipinski definition) is 3. The van der Waals surface area contributed by atoms with Crippen LogP contribution >= 0.6 is 0 Å². The number of rotatable bonds is 8. The van der Waals surface area contributed by atoms with Crippen LogP contribution < -0.4 is 4.74 Å². The van der Waals surface area contributed by atoms with Crippen LogP contribution in [-0.4, -0.2) is 37.7 Å². The average Bonchev–Trinajstić information content (AvgIpc) is 3.04. The number of likely N-dealkylation sites (tertiary alicyclic amines) is 1. The normalized spacial score (nSPS) is 19.3. The second-order valence-corrected chi connectivity index (χ2v) is 6.46. The van der Waals surface area contributed by atoms with E-state index in [0.29, 0.717) is 12.6 Å². The summed E-state index contributed by atoms with van der Waals surface area (Å²) in [5.41, 5.74) is 1.17. The lowest BCUT2D eigenvalue weighted by molar-refractivity contribution is 0.0112. The molecule has 24 heavy (non-hydrogen) atoms. The molecule has 2 unspecified atom stereocenters. The average molecular weight is 325 g/mol. The zero-order chi connectivity index (χ0) is 16.6. The Morgan fingerprint density at radius 1 is 1.04 bits per heavy atom. The lowest BCUT2D eigenvalue weighted by atomic mass is 10.1. The number of benzene rings is 2. The molecule has 1 aliphatic heterocycles. The molecule has 3 nitrogen and oxygen atoms in total. The van der Waals surface area contributed by atoms with Gasteiger partial charge in [0.25, 0.3) is 0 Å². The molecule has 128 valence electrons. The molecular formula is C21H27NO2. The molecule has 3 rings (SSSR count). The van der Waals surface area contributed by atoms with E-state index in [4.69, 9.17) is 9.47 Å². The molecule has 2 aromatic carbocycles. The Hall–Kier alpha value is -1.84. The molecule has 0 bridgehead atoms. The lowest BCUT2D eigenvalue weighted by Gasteiger charge is -2.22. The van der Waals surface area contributed by atoms with Crippen molar-refractivity contribution in [3.8, 4) is 5.75 Å². The molecule has 1 fully saturated rings. The van der Waals surface area contributed by atoms with Gasteiger partial charge in [0.05, 0.1) is 0 Å². The summed E-state index contributed by atoms with van der Waals surface area (Å²) in [5.74, 6) is 0.887. The molecule has 0 spiro atoms. The minimum Gasteiger partial charge on any atom is -0.491 e. The molecule has 2 aromatic rings. The van der Waals surface area contributed by atoms with Gasteiger partial charge < -0.3 is 14.4 Å². The van der Waals surface area contributed by atoms with E-state index in [1.54, 1.807) is 0 Å². The molecule has 2 atom stereocenters. The van der Waals surface area contributed by atoms with Crippen molar-refractivity contribution in [3.05, 3.63) is 66.2 Å². The highest BCUT2D eigenvalue weighted by Crippen LogP contribution is 2.22. The Morgan fingerprint density at radius 2 is 1.75 bits per heavy atom. The standard InChI is InChI=1S/C21H27NO2/c1-22-15-8-11-19(22)14-16-23-21(18-9-4-2-5-10-18)17-24-20-12-6-3-7-13-20/h2-7,9-10,12-13,19,21H,8,11,14-17H2,1H3. The fraction of sp³-hybridized carbons (Fsp3) is 0.429. The molecule has 0 saturated carbocycles. The zero-order valence-corrected chi connectivity index (χ0v) is 14.4. The third-order valence-corrected chi connectivity index (χ3v) is 4.76. The first-order valence-electron chi connectivity index (χ1n) is 8.87. The molecule has 0 aliphatic carbocycles. The molecule has 1 heterocycles. The van der Waals surface area contributed by atoms with Crippen LogP contribution in [0.2, 0.25) is 0 Å². The van der Waals surface area contributed by atoms with E-state index in [-0.39, 0.29) is 6.10 Å². The predicted octanol–water partition coefficient (Wildman–Crippen LogP) is 4.31. The summed E-state index contributed by atoms with van der Waals surface area (Å²) in [6.07, 6.45) is 3.65. The number of hydrogen-bond donors (Lipinski definition) is 0. The van der Waals surface area contributed by atoms with Crippen LogP contribution in [0.5, 0.6) is 5.75 Å². The summed E-state index contributed by atoms with van der Waals surface area (Å²) in [5, 5.41) is 0. The van der Waals surface area contributed by atoms with Crippen molar-refractivity contribution in [1.82, 2.24) is 4.90 Å². The quantitative estimate of drug-likeness (QED) is 0.722. The van der Waals surface area contributed by atoms with E-state index >= 15 is 0 Å². The Balaban J connectivity index is 1.55. The Labute approximate surface area is 145 Å². The zero-order valence-electron chi connectivity index (χ0n) is 14.4. The maximum Gasteiger partial charge on any atom is 0.119 e. The van der Waals surface area contributed by atoms with Gasteiger partial charge in [-0.2, -0.15) is 0 Å². The first-order chi connectivity index (χ1) is 11.8. The van der Waals surface area contributed by atoms with Gasteiger partial charge in [-0.1, -0.05) is 48.5 Å². The minimum atomic E-state index is -0.0295. The summed E-state index contributed by atoms with van der Waals surface area (Å²) >= 11 is 0. The third kappa shape index (κ3) is 4.83. The van der Waals surface area contributed by atoms with Gasteiger partial charge in [0.1, 0.15) is 18.5 Å². The predicted molar refractivity (Wildman–Crippen MR) is 97.3 cm³/mol. The smallest absolute Gasteiger partial charge is 0.119 e. The molecule has 1 aliphatic rings. The Bertz CT molecular complexity index is 587. The largest absolute Gasteiger partial charge is 0.491 e. The summed E-state index contributed by atoms with van der Waals surface area (Å²) in [6, 6.07) is 21.0. The van der Waals surface area contributed by atoms with Gasteiger partial charge in [0.2, 0.25) is 0 Å². The minimum absolute atomic E-state index is 0.0295. The second kappa shape index (κ2) is 8.86. The van der Waals surface area contributed by atoms with E-state index in [1.165, 1.54) is 24.9 Å². The molecule has 0 N–H and O–H groups in total. The highest BCUT2D eigenvalue weighted by atomic mass is 16.5. The SMILES string of the molecule is CN1CCCC1CCOC(COc1ccccc1)c1ccccc1. The van der Waals surface area contributed by atoms with Crippen LogP contribution in [0.25, 0.3) is 0 Å². The molecule has 0 radical (unpaired) electrons. The molecule has 1 saturated heterocycles. The molecule has 3 heteroatoms. The van der Waals surface area contributed by atoms with Crippen molar-refractivity contribution >= 4 is 0 Å². The Morgan fingerprint density at radius 3 is 2.42 bits per heavy atom. The molecular weight excluding hydrogens is 298 g/mol. The number of ether oxygens (including phenoxy) is 2. The maximum atomic E-state index is 6.21. The van der Waals surface area contributed by atoms with Gasteiger partial charge in [-0.25, -0.2) is 0 Å². The van der Waals surface area contributed by atoms with E-state index in [1.807, 2.05) is 36.4 Å². The second-order valence-electron chi connectivity index (χ2n) is 6.46. The lowest BCUT2D eigenvalue weighted by Crippen LogP contribution is -2.26. The van der Waals surface area contributed by atoms with Crippen LogP contribution in [-0.2, 0) is 4.74 Å². The van der Waals surface area contributed by atoms with Gasteiger partial charge in [-0.15, -0.1) is 0 Å². The van der Waals surface area contributed by atoms with E-state index in [2.05, 4.69) is 36.2 Å². The first-order valence-corrected chi connectivity index (χ1v) is 8.87. The highest BCUT2D eigenvalue weighted by Gasteiger charge is 2.21. The van der Waals surface area contributed by atoms with Gasteiger partial charge in [0, 0.05) is 12.6 Å². The monoisotopic (exact) mass is 325 g/mol. The number of nitrogens with zero attached hydrogens (tertiary/aromatic N) is 1. The van der Waals surface area contributed by atoms with Crippen molar-refractivity contribution < 1.29 is 9.47 Å². The van der Waals surface area contributed by atoms with Crippen molar-refractivity contribution in [1.29, 1.82) is 0 Å². The van der Waals surface area contributed by atoms with Crippen LogP contribution in [0.4, 0.5) is 0 Å². The summed E-state index contributed by atoms with van der Waals surface area (Å²) in [4.78, 5) is 2.45. The van der Waals surface area contributed by atoms with Gasteiger partial charge in [-0.3, -0.25) is 0 Å². The molecule has 0 amide bonds. The van der Waals surface area contributed by atoms with Crippen molar-refractivity contribution in [2.24, 2.45) is 0 Å². The van der Waals surface area contributed by atoms with Crippen LogP contribution in [0, 0.1) is 0 Å². The van der Waals surface area contributed by atoms with Crippen LogP contribution in [0.3, 0.4) is 0 Å². The maximum absolute atomic E-state index is 6.21. The van der Waals surface area contributed by atoms with Gasteiger partial charge in [0.15, 0.2) is 0 Å². The summed E-state index contributed by atoms with van der Waals surface area (Å²) in [7, 11) is 2.21. The van der Waals surface area contributed by atoms with Crippen LogP contribution in [0.15, 0.2) is 60.7 Å². The third-order valence-electron chi connectivity index (χ3n) is 4.76. The van der Waals surface area contributed by atoms with Crippen molar-refractivity contribution in [3.63, 3.8) is 0 Å². The van der Waals surface area contributed by atoms with Gasteiger partial charge >= 0.3 is 0 Å². The van der Waals surface area contributed by atoms with E-state index in [9.17, 15) is 0 Å². The Kier molecular flexibility index (Phi) is 6.27. The fourth-order valence-corrected chi connectivity index (χ4v) is 3.29. The topological polar surface area (TPSA) is 21.7 Å². The highest BCUT2D eigenvalue weighted by molar-refractivity contribution is 5.22. The summed E-state index contributed by atoms with van der Waals surface area (Å²) < 4.78 is 12.1. The first kappa shape index (κ1) is 17.0.